The molecule has 1 atom stereocenters. The van der Waals surface area contributed by atoms with Gasteiger partial charge in [-0.15, -0.1) is 0 Å². The standard InChI is InChI=1S/C18H32N2O/c1-6-12-19-17(14-20(5)13-15(3)4)16-10-8-9-11-18(16)21-7-2/h8-11,15,17,19H,6-7,12-14H2,1-5H3. The van der Waals surface area contributed by atoms with Crippen molar-refractivity contribution in [3.05, 3.63) is 29.8 Å². The Morgan fingerprint density at radius 3 is 2.48 bits per heavy atom. The minimum atomic E-state index is 0.316. The average molecular weight is 292 g/mol. The van der Waals surface area contributed by atoms with Gasteiger partial charge in [0.25, 0.3) is 0 Å². The fourth-order valence-corrected chi connectivity index (χ4v) is 2.66. The van der Waals surface area contributed by atoms with Gasteiger partial charge in [0.1, 0.15) is 5.75 Å². The number of nitrogens with one attached hydrogen (secondary N) is 1. The smallest absolute Gasteiger partial charge is 0.124 e. The number of rotatable bonds is 10. The number of hydrogen-bond acceptors (Lipinski definition) is 3. The van der Waals surface area contributed by atoms with Gasteiger partial charge in [-0.2, -0.15) is 0 Å². The summed E-state index contributed by atoms with van der Waals surface area (Å²) >= 11 is 0. The maximum Gasteiger partial charge on any atom is 0.124 e. The van der Waals surface area contributed by atoms with Crippen LogP contribution in [0.4, 0.5) is 0 Å². The third kappa shape index (κ3) is 6.49. The van der Waals surface area contributed by atoms with Crippen molar-refractivity contribution in [1.82, 2.24) is 10.2 Å². The molecule has 0 aliphatic carbocycles. The van der Waals surface area contributed by atoms with Crippen LogP contribution in [0.1, 0.15) is 45.7 Å². The maximum absolute atomic E-state index is 5.80. The fourth-order valence-electron chi connectivity index (χ4n) is 2.66. The Morgan fingerprint density at radius 2 is 1.86 bits per heavy atom. The first kappa shape index (κ1) is 18.0. The van der Waals surface area contributed by atoms with Crippen LogP contribution in [-0.4, -0.2) is 38.2 Å². The summed E-state index contributed by atoms with van der Waals surface area (Å²) in [5.74, 6) is 1.69. The van der Waals surface area contributed by atoms with Gasteiger partial charge in [0.05, 0.1) is 6.61 Å². The van der Waals surface area contributed by atoms with Gasteiger partial charge in [-0.25, -0.2) is 0 Å². The zero-order valence-electron chi connectivity index (χ0n) is 14.4. The van der Waals surface area contributed by atoms with E-state index >= 15 is 0 Å². The van der Waals surface area contributed by atoms with Crippen molar-refractivity contribution in [3.63, 3.8) is 0 Å². The highest BCUT2D eigenvalue weighted by Crippen LogP contribution is 2.26. The molecule has 0 amide bonds. The molecule has 0 saturated heterocycles. The maximum atomic E-state index is 5.80. The molecule has 0 aromatic heterocycles. The SMILES string of the molecule is CCCNC(CN(C)CC(C)C)c1ccccc1OCC. The van der Waals surface area contributed by atoms with E-state index in [9.17, 15) is 0 Å². The molecule has 0 spiro atoms. The summed E-state index contributed by atoms with van der Waals surface area (Å²) < 4.78 is 5.80. The molecule has 3 nitrogen and oxygen atoms in total. The minimum absolute atomic E-state index is 0.316. The van der Waals surface area contributed by atoms with E-state index in [2.05, 4.69) is 56.2 Å². The van der Waals surface area contributed by atoms with Crippen LogP contribution in [0, 0.1) is 5.92 Å². The predicted octanol–water partition coefficient (Wildman–Crippen LogP) is 3.71. The zero-order chi connectivity index (χ0) is 15.7. The first-order valence-electron chi connectivity index (χ1n) is 8.22. The topological polar surface area (TPSA) is 24.5 Å². The second kappa shape index (κ2) is 9.80. The van der Waals surface area contributed by atoms with Crippen LogP contribution in [0.25, 0.3) is 0 Å². The van der Waals surface area contributed by atoms with E-state index in [4.69, 9.17) is 4.74 Å². The normalized spacial score (nSPS) is 12.9. The monoisotopic (exact) mass is 292 g/mol. The van der Waals surface area contributed by atoms with Gasteiger partial charge in [0.2, 0.25) is 0 Å². The van der Waals surface area contributed by atoms with Gasteiger partial charge in [-0.05, 0) is 38.9 Å². The Hall–Kier alpha value is -1.06. The first-order valence-corrected chi connectivity index (χ1v) is 8.22. The van der Waals surface area contributed by atoms with E-state index in [0.29, 0.717) is 18.6 Å². The Balaban J connectivity index is 2.85. The van der Waals surface area contributed by atoms with Gasteiger partial charge < -0.3 is 15.0 Å². The van der Waals surface area contributed by atoms with Crippen LogP contribution in [0.3, 0.4) is 0 Å². The van der Waals surface area contributed by atoms with Crippen LogP contribution in [0.2, 0.25) is 0 Å². The lowest BCUT2D eigenvalue weighted by atomic mass is 10.0. The van der Waals surface area contributed by atoms with Crippen molar-refractivity contribution >= 4 is 0 Å². The Kier molecular flexibility index (Phi) is 8.40. The van der Waals surface area contributed by atoms with Gasteiger partial charge in [0.15, 0.2) is 0 Å². The molecule has 1 rings (SSSR count). The van der Waals surface area contributed by atoms with Crippen molar-refractivity contribution < 1.29 is 4.74 Å². The zero-order valence-corrected chi connectivity index (χ0v) is 14.4. The number of para-hydroxylation sites is 1. The van der Waals surface area contributed by atoms with Crippen LogP contribution in [0.15, 0.2) is 24.3 Å². The fraction of sp³-hybridized carbons (Fsp3) is 0.667. The second-order valence-corrected chi connectivity index (χ2v) is 6.09. The number of hydrogen-bond donors (Lipinski definition) is 1. The van der Waals surface area contributed by atoms with E-state index in [1.54, 1.807) is 0 Å². The quantitative estimate of drug-likeness (QED) is 0.711. The molecule has 0 saturated carbocycles. The van der Waals surface area contributed by atoms with Gasteiger partial charge in [0, 0.05) is 24.7 Å². The molecule has 3 heteroatoms. The average Bonchev–Trinajstić information content (AvgIpc) is 2.43. The number of likely N-dealkylation sites (N-methyl/N-ethyl adjacent to an activating group) is 1. The highest BCUT2D eigenvalue weighted by molar-refractivity contribution is 5.36. The molecule has 0 bridgehead atoms. The molecule has 0 aliphatic heterocycles. The van der Waals surface area contributed by atoms with E-state index in [-0.39, 0.29) is 0 Å². The molecule has 1 N–H and O–H groups in total. The first-order chi connectivity index (χ1) is 10.1. The molecule has 0 aliphatic rings. The molecule has 120 valence electrons. The molecule has 21 heavy (non-hydrogen) atoms. The van der Waals surface area contributed by atoms with E-state index in [1.165, 1.54) is 5.56 Å². The summed E-state index contributed by atoms with van der Waals surface area (Å²) in [6.07, 6.45) is 1.14. The van der Waals surface area contributed by atoms with Crippen molar-refractivity contribution in [3.8, 4) is 5.75 Å². The van der Waals surface area contributed by atoms with Gasteiger partial charge in [-0.3, -0.25) is 0 Å². The van der Waals surface area contributed by atoms with E-state index in [1.807, 2.05) is 13.0 Å². The minimum Gasteiger partial charge on any atom is -0.494 e. The van der Waals surface area contributed by atoms with Crippen molar-refractivity contribution in [2.75, 3.05) is 33.3 Å². The molecule has 0 fully saturated rings. The third-order valence-electron chi connectivity index (χ3n) is 3.41. The Morgan fingerprint density at radius 1 is 1.14 bits per heavy atom. The number of nitrogens with zero attached hydrogens (tertiary/aromatic N) is 1. The summed E-state index contributed by atoms with van der Waals surface area (Å²) in [6.45, 7) is 12.6. The summed E-state index contributed by atoms with van der Waals surface area (Å²) in [4.78, 5) is 2.40. The molecular weight excluding hydrogens is 260 g/mol. The largest absolute Gasteiger partial charge is 0.494 e. The van der Waals surface area contributed by atoms with E-state index in [0.717, 1.165) is 31.8 Å². The summed E-state index contributed by atoms with van der Waals surface area (Å²) in [5.41, 5.74) is 1.27. The van der Waals surface area contributed by atoms with Crippen molar-refractivity contribution in [1.29, 1.82) is 0 Å². The third-order valence-corrected chi connectivity index (χ3v) is 3.41. The van der Waals surface area contributed by atoms with Gasteiger partial charge >= 0.3 is 0 Å². The van der Waals surface area contributed by atoms with Crippen LogP contribution < -0.4 is 10.1 Å². The summed E-state index contributed by atoms with van der Waals surface area (Å²) in [7, 11) is 2.20. The number of benzene rings is 1. The van der Waals surface area contributed by atoms with Crippen LogP contribution in [0.5, 0.6) is 5.75 Å². The predicted molar refractivity (Wildman–Crippen MR) is 91.0 cm³/mol. The van der Waals surface area contributed by atoms with Crippen molar-refractivity contribution in [2.45, 2.75) is 40.2 Å². The lowest BCUT2D eigenvalue weighted by Gasteiger charge is -2.27. The summed E-state index contributed by atoms with van der Waals surface area (Å²) in [5, 5.41) is 3.67. The Labute approximate surface area is 130 Å². The highest BCUT2D eigenvalue weighted by atomic mass is 16.5. The molecule has 1 aromatic rings. The van der Waals surface area contributed by atoms with Gasteiger partial charge in [-0.1, -0.05) is 39.0 Å². The number of ether oxygens (including phenoxy) is 1. The lowest BCUT2D eigenvalue weighted by molar-refractivity contribution is 0.257. The molecule has 1 unspecified atom stereocenters. The molecule has 0 radical (unpaired) electrons. The van der Waals surface area contributed by atoms with Crippen LogP contribution >= 0.6 is 0 Å². The molecule has 0 heterocycles. The summed E-state index contributed by atoms with van der Waals surface area (Å²) in [6, 6.07) is 8.71. The lowest BCUT2D eigenvalue weighted by Crippen LogP contribution is -2.35. The molecule has 1 aromatic carbocycles. The van der Waals surface area contributed by atoms with E-state index < -0.39 is 0 Å². The van der Waals surface area contributed by atoms with Crippen molar-refractivity contribution in [2.24, 2.45) is 5.92 Å². The Bertz CT molecular complexity index is 393. The van der Waals surface area contributed by atoms with Crippen LogP contribution in [-0.2, 0) is 0 Å². The molecular formula is C18H32N2O. The second-order valence-electron chi connectivity index (χ2n) is 6.09. The highest BCUT2D eigenvalue weighted by Gasteiger charge is 2.17.